The molecule has 0 aliphatic rings. The number of hydrogen-bond donors (Lipinski definition) is 0. The molecule has 3 nitrogen and oxygen atoms in total. The highest BCUT2D eigenvalue weighted by Gasteiger charge is 2.30. The zero-order valence-corrected chi connectivity index (χ0v) is 12.6. The molecular formula is C13H10F3IN2O. The molecule has 20 heavy (non-hydrogen) atoms. The number of halogens is 4. The lowest BCUT2D eigenvalue weighted by molar-refractivity contribution is -0.137. The van der Waals surface area contributed by atoms with Gasteiger partial charge in [0.2, 0.25) is 0 Å². The van der Waals surface area contributed by atoms with Crippen LogP contribution in [0.4, 0.5) is 13.2 Å². The second kappa shape index (κ2) is 5.55. The van der Waals surface area contributed by atoms with Gasteiger partial charge in [0.1, 0.15) is 0 Å². The minimum absolute atomic E-state index is 0.0615. The fourth-order valence-corrected chi connectivity index (χ4v) is 2.15. The van der Waals surface area contributed by atoms with Crippen LogP contribution >= 0.6 is 22.6 Å². The van der Waals surface area contributed by atoms with E-state index in [0.29, 0.717) is 14.8 Å². The van der Waals surface area contributed by atoms with Crippen LogP contribution in [0.1, 0.15) is 16.8 Å². The molecule has 0 radical (unpaired) electrons. The van der Waals surface area contributed by atoms with Crippen LogP contribution in [0.15, 0.2) is 35.4 Å². The standard InChI is InChI=1S/C13H10F3IN2O/c1-8-11(17)12(20)19(7-18-8)6-9-3-2-4-10(5-9)13(14,15)16/h2-5,7H,6H2,1H3. The van der Waals surface area contributed by atoms with E-state index in [4.69, 9.17) is 0 Å². The highest BCUT2D eigenvalue weighted by Crippen LogP contribution is 2.29. The van der Waals surface area contributed by atoms with Gasteiger partial charge in [-0.05, 0) is 47.2 Å². The van der Waals surface area contributed by atoms with Crippen molar-refractivity contribution in [3.63, 3.8) is 0 Å². The van der Waals surface area contributed by atoms with Crippen LogP contribution in [0.5, 0.6) is 0 Å². The van der Waals surface area contributed by atoms with E-state index in [9.17, 15) is 18.0 Å². The van der Waals surface area contributed by atoms with Crippen molar-refractivity contribution in [2.45, 2.75) is 19.6 Å². The van der Waals surface area contributed by atoms with Gasteiger partial charge in [-0.1, -0.05) is 12.1 Å². The normalized spacial score (nSPS) is 11.7. The molecule has 1 heterocycles. The molecule has 0 atom stereocenters. The van der Waals surface area contributed by atoms with Crippen LogP contribution in [0, 0.1) is 10.5 Å². The monoisotopic (exact) mass is 394 g/mol. The molecule has 2 aromatic rings. The number of aryl methyl sites for hydroxylation is 1. The highest BCUT2D eigenvalue weighted by molar-refractivity contribution is 14.1. The minimum atomic E-state index is -4.39. The molecule has 106 valence electrons. The van der Waals surface area contributed by atoms with E-state index in [1.54, 1.807) is 13.0 Å². The number of alkyl halides is 3. The van der Waals surface area contributed by atoms with Crippen LogP contribution in [-0.2, 0) is 12.7 Å². The smallest absolute Gasteiger partial charge is 0.294 e. The van der Waals surface area contributed by atoms with Gasteiger partial charge < -0.3 is 0 Å². The van der Waals surface area contributed by atoms with Gasteiger partial charge in [0.25, 0.3) is 5.56 Å². The maximum absolute atomic E-state index is 12.6. The van der Waals surface area contributed by atoms with Gasteiger partial charge in [0, 0.05) is 0 Å². The summed E-state index contributed by atoms with van der Waals surface area (Å²) in [6.45, 7) is 1.77. The average Bonchev–Trinajstić information content (AvgIpc) is 2.39. The minimum Gasteiger partial charge on any atom is -0.294 e. The quantitative estimate of drug-likeness (QED) is 0.734. The van der Waals surface area contributed by atoms with Crippen LogP contribution in [0.25, 0.3) is 0 Å². The van der Waals surface area contributed by atoms with Crippen molar-refractivity contribution in [2.75, 3.05) is 0 Å². The molecule has 0 saturated heterocycles. The Labute approximate surface area is 126 Å². The molecule has 0 N–H and O–H groups in total. The summed E-state index contributed by atoms with van der Waals surface area (Å²) in [6.07, 6.45) is -3.04. The Morgan fingerprint density at radius 3 is 2.70 bits per heavy atom. The maximum atomic E-state index is 12.6. The Balaban J connectivity index is 2.36. The molecular weight excluding hydrogens is 384 g/mol. The first-order chi connectivity index (χ1) is 9.29. The number of benzene rings is 1. The van der Waals surface area contributed by atoms with Gasteiger partial charge in [-0.15, -0.1) is 0 Å². The van der Waals surface area contributed by atoms with E-state index in [2.05, 4.69) is 4.98 Å². The Bertz CT molecular complexity index is 695. The first-order valence-electron chi connectivity index (χ1n) is 5.66. The van der Waals surface area contributed by atoms with Crippen LogP contribution < -0.4 is 5.56 Å². The zero-order chi connectivity index (χ0) is 14.9. The topological polar surface area (TPSA) is 34.9 Å². The molecule has 0 aliphatic carbocycles. The van der Waals surface area contributed by atoms with E-state index >= 15 is 0 Å². The first-order valence-corrected chi connectivity index (χ1v) is 6.74. The van der Waals surface area contributed by atoms with E-state index in [1.807, 2.05) is 22.6 Å². The fourth-order valence-electron chi connectivity index (χ4n) is 1.70. The summed E-state index contributed by atoms with van der Waals surface area (Å²) in [5, 5.41) is 0. The Morgan fingerprint density at radius 1 is 1.35 bits per heavy atom. The maximum Gasteiger partial charge on any atom is 0.416 e. The van der Waals surface area contributed by atoms with Crippen molar-refractivity contribution >= 4 is 22.6 Å². The summed E-state index contributed by atoms with van der Waals surface area (Å²) >= 11 is 1.88. The Morgan fingerprint density at radius 2 is 2.05 bits per heavy atom. The predicted molar refractivity (Wildman–Crippen MR) is 76.5 cm³/mol. The number of aromatic nitrogens is 2. The van der Waals surface area contributed by atoms with Gasteiger partial charge >= 0.3 is 6.18 Å². The largest absolute Gasteiger partial charge is 0.416 e. The SMILES string of the molecule is Cc1ncn(Cc2cccc(C(F)(F)F)c2)c(=O)c1I. The molecule has 1 aromatic carbocycles. The molecule has 0 bridgehead atoms. The second-order valence-electron chi connectivity index (χ2n) is 4.28. The van der Waals surface area contributed by atoms with Crippen molar-refractivity contribution < 1.29 is 13.2 Å². The van der Waals surface area contributed by atoms with Crippen LogP contribution in [0.3, 0.4) is 0 Å². The predicted octanol–water partition coefficient (Wildman–Crippen LogP) is 3.22. The lowest BCUT2D eigenvalue weighted by Gasteiger charge is -2.10. The summed E-state index contributed by atoms with van der Waals surface area (Å²) in [4.78, 5) is 16.0. The van der Waals surface area contributed by atoms with Crippen molar-refractivity contribution in [3.8, 4) is 0 Å². The lowest BCUT2D eigenvalue weighted by Crippen LogP contribution is -2.24. The number of nitrogens with zero attached hydrogens (tertiary/aromatic N) is 2. The Kier molecular flexibility index (Phi) is 4.17. The van der Waals surface area contributed by atoms with Gasteiger partial charge in [-0.25, -0.2) is 4.98 Å². The molecule has 0 fully saturated rings. The number of hydrogen-bond acceptors (Lipinski definition) is 2. The average molecular weight is 394 g/mol. The lowest BCUT2D eigenvalue weighted by atomic mass is 10.1. The van der Waals surface area contributed by atoms with Crippen LogP contribution in [0.2, 0.25) is 0 Å². The third kappa shape index (κ3) is 3.20. The molecule has 1 aromatic heterocycles. The Hall–Kier alpha value is -1.38. The highest BCUT2D eigenvalue weighted by atomic mass is 127. The van der Waals surface area contributed by atoms with Crippen molar-refractivity contribution in [3.05, 3.63) is 61.3 Å². The van der Waals surface area contributed by atoms with Crippen molar-refractivity contribution in [1.29, 1.82) is 0 Å². The van der Waals surface area contributed by atoms with E-state index in [-0.39, 0.29) is 12.1 Å². The van der Waals surface area contributed by atoms with Crippen molar-refractivity contribution in [1.82, 2.24) is 9.55 Å². The summed E-state index contributed by atoms with van der Waals surface area (Å²) in [6, 6.07) is 4.92. The summed E-state index contributed by atoms with van der Waals surface area (Å²) in [5.74, 6) is 0. The molecule has 2 rings (SSSR count). The third-order valence-corrected chi connectivity index (χ3v) is 4.01. The molecule has 0 spiro atoms. The fraction of sp³-hybridized carbons (Fsp3) is 0.231. The summed E-state index contributed by atoms with van der Waals surface area (Å²) < 4.78 is 39.6. The van der Waals surface area contributed by atoms with E-state index in [1.165, 1.54) is 17.0 Å². The molecule has 0 unspecified atom stereocenters. The van der Waals surface area contributed by atoms with Gasteiger partial charge in [-0.3, -0.25) is 9.36 Å². The van der Waals surface area contributed by atoms with Gasteiger partial charge in [0.15, 0.2) is 0 Å². The molecule has 0 amide bonds. The second-order valence-corrected chi connectivity index (χ2v) is 5.35. The molecule has 0 saturated carbocycles. The van der Waals surface area contributed by atoms with Gasteiger partial charge in [0.05, 0.1) is 27.7 Å². The molecule has 0 aliphatic heterocycles. The van der Waals surface area contributed by atoms with Gasteiger partial charge in [-0.2, -0.15) is 13.2 Å². The summed E-state index contributed by atoms with van der Waals surface area (Å²) in [7, 11) is 0. The van der Waals surface area contributed by atoms with E-state index < -0.39 is 11.7 Å². The first kappa shape index (κ1) is 15.0. The van der Waals surface area contributed by atoms with E-state index in [0.717, 1.165) is 12.1 Å². The zero-order valence-electron chi connectivity index (χ0n) is 10.4. The number of rotatable bonds is 2. The van der Waals surface area contributed by atoms with Crippen LogP contribution in [-0.4, -0.2) is 9.55 Å². The van der Waals surface area contributed by atoms with Crippen molar-refractivity contribution in [2.24, 2.45) is 0 Å². The summed E-state index contributed by atoms with van der Waals surface area (Å²) in [5.41, 5.74) is 0.0348. The molecule has 7 heteroatoms. The third-order valence-electron chi connectivity index (χ3n) is 2.76.